The molecule has 1 aromatic heterocycles. The number of pyridine rings is 1. The van der Waals surface area contributed by atoms with E-state index in [0.717, 1.165) is 0 Å². The smallest absolute Gasteiger partial charge is 1.00 e. The summed E-state index contributed by atoms with van der Waals surface area (Å²) in [5.41, 5.74) is 1.21. The minimum Gasteiger partial charge on any atom is 1.00 e. The average Bonchev–Trinajstić information content (AvgIpc) is 2.05. The molecule has 2 heteroatoms. The number of aromatic nitrogens is 1. The van der Waals surface area contributed by atoms with E-state index in [9.17, 15) is 0 Å². The number of hydrogen-bond acceptors (Lipinski definition) is 1. The molecule has 1 atom stereocenters. The first-order valence-corrected chi connectivity index (χ1v) is 5.17. The second kappa shape index (κ2) is 3.95. The summed E-state index contributed by atoms with van der Waals surface area (Å²) in [5.74, 6) is 0.621. The van der Waals surface area contributed by atoms with Gasteiger partial charge in [-0.15, -0.1) is 0 Å². The fourth-order valence-electron chi connectivity index (χ4n) is 0.761. The largest absolute Gasteiger partial charge is 1.00 e. The molecule has 1 aromatic rings. The number of hydrogen-bond donors (Lipinski definition) is 0. The average molecular weight is 250 g/mol. The molecule has 10 heavy (non-hydrogen) atoms. The molecule has 0 amide bonds. The van der Waals surface area contributed by atoms with Crippen molar-refractivity contribution in [1.29, 1.82) is 0 Å². The molecule has 0 saturated carbocycles. The molecule has 0 saturated heterocycles. The van der Waals surface area contributed by atoms with Crippen molar-refractivity contribution in [3.63, 3.8) is 0 Å². The van der Waals surface area contributed by atoms with Crippen molar-refractivity contribution in [1.82, 2.24) is 4.98 Å². The molecule has 0 aliphatic carbocycles. The number of rotatable bonds is 2. The van der Waals surface area contributed by atoms with Crippen LogP contribution in [0.4, 0.5) is 0 Å². The van der Waals surface area contributed by atoms with E-state index in [1.54, 1.807) is 0 Å². The van der Waals surface area contributed by atoms with Gasteiger partial charge in [0.25, 0.3) is 0 Å². The van der Waals surface area contributed by atoms with Gasteiger partial charge in [-0.2, -0.15) is 0 Å². The van der Waals surface area contributed by atoms with Gasteiger partial charge in [0.15, 0.2) is 0 Å². The van der Waals surface area contributed by atoms with Crippen LogP contribution in [0.25, 0.3) is 0 Å². The van der Waals surface area contributed by atoms with Crippen LogP contribution in [-0.4, -0.2) is 27.3 Å². The van der Waals surface area contributed by atoms with E-state index in [-0.39, 0.29) is 1.43 Å². The maximum Gasteiger partial charge on any atom is 1.00 e. The van der Waals surface area contributed by atoms with E-state index in [0.29, 0.717) is 5.92 Å². The van der Waals surface area contributed by atoms with Crippen LogP contribution >= 0.6 is 0 Å². The molecule has 0 bridgehead atoms. The first-order chi connectivity index (χ1) is 4.84. The minimum absolute atomic E-state index is 0. The summed E-state index contributed by atoms with van der Waals surface area (Å²) in [6.07, 6.45) is 1.85. The topological polar surface area (TPSA) is 12.9 Å². The predicted octanol–water partition coefficient (Wildman–Crippen LogP) is 1.62. The standard InChI is InChI=1S/C8H11NTe/c1-7(6-10)8-4-2-3-5-9-8/h2-5,7,10H,6H2,1H3/p+1. The summed E-state index contributed by atoms with van der Waals surface area (Å²) in [5, 5.41) is 0. The molecule has 0 spiro atoms. The fraction of sp³-hybridized carbons (Fsp3) is 0.375. The van der Waals surface area contributed by atoms with Crippen LogP contribution in [0.2, 0.25) is 4.47 Å². The zero-order valence-corrected chi connectivity index (χ0v) is 8.54. The third-order valence-electron chi connectivity index (χ3n) is 1.47. The van der Waals surface area contributed by atoms with Crippen LogP contribution in [0.3, 0.4) is 0 Å². The second-order valence-electron chi connectivity index (χ2n) is 2.34. The van der Waals surface area contributed by atoms with E-state index in [1.807, 2.05) is 40.6 Å². The number of nitrogens with zero attached hydrogens (tertiary/aromatic N) is 1. The molecule has 1 nitrogen and oxygen atoms in total. The van der Waals surface area contributed by atoms with Crippen molar-refractivity contribution in [2.75, 3.05) is 0 Å². The van der Waals surface area contributed by atoms with Crippen LogP contribution in [-0.2, 0) is 0 Å². The molecule has 0 fully saturated rings. The molecule has 0 aliphatic heterocycles. The van der Waals surface area contributed by atoms with Crippen molar-refractivity contribution in [3.05, 3.63) is 30.1 Å². The van der Waals surface area contributed by atoms with Gasteiger partial charge in [0.05, 0.1) is 0 Å². The second-order valence-corrected chi connectivity index (χ2v) is 3.38. The van der Waals surface area contributed by atoms with Gasteiger partial charge in [-0.05, 0) is 0 Å². The minimum atomic E-state index is 0. The maximum atomic E-state index is 4.26. The molecule has 54 valence electrons. The van der Waals surface area contributed by atoms with Gasteiger partial charge in [0.2, 0.25) is 0 Å². The van der Waals surface area contributed by atoms with Crippen molar-refractivity contribution in [3.8, 4) is 0 Å². The van der Waals surface area contributed by atoms with E-state index >= 15 is 0 Å². The Labute approximate surface area is 76.3 Å². The molecule has 1 rings (SSSR count). The van der Waals surface area contributed by atoms with Gasteiger partial charge >= 0.3 is 76.1 Å². The van der Waals surface area contributed by atoms with Crippen LogP contribution in [0.15, 0.2) is 24.4 Å². The zero-order chi connectivity index (χ0) is 7.40. The first kappa shape index (κ1) is 8.04. The van der Waals surface area contributed by atoms with Gasteiger partial charge < -0.3 is 0 Å². The Morgan fingerprint density at radius 2 is 2.50 bits per heavy atom. The van der Waals surface area contributed by atoms with E-state index in [2.05, 4.69) is 18.0 Å². The van der Waals surface area contributed by atoms with Gasteiger partial charge in [0.1, 0.15) is 0 Å². The summed E-state index contributed by atoms with van der Waals surface area (Å²) in [6.45, 7) is 2.21. The summed E-state index contributed by atoms with van der Waals surface area (Å²) in [7, 11) is 0. The quantitative estimate of drug-likeness (QED) is 0.726. The van der Waals surface area contributed by atoms with Crippen molar-refractivity contribution < 1.29 is 1.43 Å². The first-order valence-electron chi connectivity index (χ1n) is 3.36. The Hall–Kier alpha value is -0.0604. The Bertz CT molecular complexity index is 191. The zero-order valence-electron chi connectivity index (χ0n) is 6.99. The molecule has 0 aromatic carbocycles. The van der Waals surface area contributed by atoms with Crippen molar-refractivity contribution in [2.45, 2.75) is 17.3 Å². The Balaban J connectivity index is 0.000001000. The summed E-state index contributed by atoms with van der Waals surface area (Å²) >= 11 is 1.85. The molecular formula is C8H12NTe+. The van der Waals surface area contributed by atoms with E-state index < -0.39 is 0 Å². The summed E-state index contributed by atoms with van der Waals surface area (Å²) in [6, 6.07) is 6.08. The van der Waals surface area contributed by atoms with Crippen molar-refractivity contribution in [2.24, 2.45) is 0 Å². The maximum absolute atomic E-state index is 4.26. The summed E-state index contributed by atoms with van der Waals surface area (Å²) < 4.78 is 1.21. The van der Waals surface area contributed by atoms with E-state index in [4.69, 9.17) is 0 Å². The predicted molar refractivity (Wildman–Crippen MR) is 45.7 cm³/mol. The van der Waals surface area contributed by atoms with Gasteiger partial charge in [0, 0.05) is 0 Å². The van der Waals surface area contributed by atoms with Crippen LogP contribution in [0.1, 0.15) is 20.0 Å². The summed E-state index contributed by atoms with van der Waals surface area (Å²) in [4.78, 5) is 4.26. The van der Waals surface area contributed by atoms with Gasteiger partial charge in [-0.1, -0.05) is 0 Å². The van der Waals surface area contributed by atoms with E-state index in [1.165, 1.54) is 10.2 Å². The van der Waals surface area contributed by atoms with Crippen LogP contribution < -0.4 is 0 Å². The molecule has 1 unspecified atom stereocenters. The van der Waals surface area contributed by atoms with Gasteiger partial charge in [-0.25, -0.2) is 0 Å². The Kier molecular flexibility index (Phi) is 3.18. The fourth-order valence-corrected chi connectivity index (χ4v) is 1.29. The monoisotopic (exact) mass is 252 g/mol. The van der Waals surface area contributed by atoms with Crippen molar-refractivity contribution >= 4 is 22.3 Å². The molecular weight excluding hydrogens is 238 g/mol. The molecule has 0 N–H and O–H groups in total. The van der Waals surface area contributed by atoms with Crippen LogP contribution in [0.5, 0.6) is 0 Å². The van der Waals surface area contributed by atoms with Gasteiger partial charge in [-0.3, -0.25) is 0 Å². The Morgan fingerprint density at radius 1 is 1.70 bits per heavy atom. The molecule has 0 radical (unpaired) electrons. The third-order valence-corrected chi connectivity index (χ3v) is 3.03. The van der Waals surface area contributed by atoms with Crippen LogP contribution in [0, 0.1) is 0 Å². The molecule has 1 heterocycles. The Morgan fingerprint density at radius 3 is 3.00 bits per heavy atom. The normalized spacial score (nSPS) is 13.0. The SMILES string of the molecule is CC(C[TeH])c1ccccn1.[H+]. The molecule has 0 aliphatic rings. The third kappa shape index (κ3) is 1.97.